The van der Waals surface area contributed by atoms with Gasteiger partial charge in [-0.15, -0.1) is 0 Å². The third-order valence-electron chi connectivity index (χ3n) is 2.77. The highest BCUT2D eigenvalue weighted by atomic mass is 16.3. The highest BCUT2D eigenvalue weighted by Crippen LogP contribution is 2.24. The van der Waals surface area contributed by atoms with Crippen molar-refractivity contribution in [2.24, 2.45) is 5.73 Å². The first-order valence-corrected chi connectivity index (χ1v) is 5.15. The van der Waals surface area contributed by atoms with Gasteiger partial charge in [-0.3, -0.25) is 0 Å². The number of benzene rings is 2. The summed E-state index contributed by atoms with van der Waals surface area (Å²) in [5, 5.41) is 11.6. The molecule has 2 nitrogen and oxygen atoms in total. The number of aliphatic hydroxyl groups is 1. The van der Waals surface area contributed by atoms with E-state index in [1.807, 2.05) is 24.3 Å². The first kappa shape index (κ1) is 10.1. The molecule has 0 aliphatic heterocycles. The summed E-state index contributed by atoms with van der Waals surface area (Å²) < 4.78 is 0. The van der Waals surface area contributed by atoms with Gasteiger partial charge in [0, 0.05) is 12.5 Å². The van der Waals surface area contributed by atoms with Crippen LogP contribution in [0.2, 0.25) is 0 Å². The second kappa shape index (κ2) is 4.43. The summed E-state index contributed by atoms with van der Waals surface area (Å²) >= 11 is 0. The van der Waals surface area contributed by atoms with Gasteiger partial charge in [-0.25, -0.2) is 0 Å². The summed E-state index contributed by atoms with van der Waals surface area (Å²) in [6, 6.07) is 14.3. The molecule has 0 spiro atoms. The Hall–Kier alpha value is -1.38. The number of hydrogen-bond acceptors (Lipinski definition) is 2. The quantitative estimate of drug-likeness (QED) is 0.796. The van der Waals surface area contributed by atoms with E-state index in [1.165, 1.54) is 10.8 Å². The van der Waals surface area contributed by atoms with Crippen molar-refractivity contribution in [2.75, 3.05) is 13.2 Å². The van der Waals surface area contributed by atoms with Gasteiger partial charge in [-0.1, -0.05) is 42.5 Å². The first-order chi connectivity index (χ1) is 7.36. The van der Waals surface area contributed by atoms with Gasteiger partial charge in [0.25, 0.3) is 0 Å². The van der Waals surface area contributed by atoms with Crippen molar-refractivity contribution < 1.29 is 5.11 Å². The topological polar surface area (TPSA) is 46.2 Å². The minimum Gasteiger partial charge on any atom is -0.396 e. The Morgan fingerprint density at radius 2 is 1.80 bits per heavy atom. The Bertz CT molecular complexity index is 444. The summed E-state index contributed by atoms with van der Waals surface area (Å²) in [5.74, 6) is 0.0381. The van der Waals surface area contributed by atoms with E-state index < -0.39 is 0 Å². The molecule has 0 saturated carbocycles. The fourth-order valence-electron chi connectivity index (χ4n) is 1.91. The average Bonchev–Trinajstić information content (AvgIpc) is 2.31. The van der Waals surface area contributed by atoms with Crippen LogP contribution in [-0.2, 0) is 0 Å². The van der Waals surface area contributed by atoms with E-state index in [9.17, 15) is 5.11 Å². The predicted molar refractivity (Wildman–Crippen MR) is 62.8 cm³/mol. The monoisotopic (exact) mass is 201 g/mol. The van der Waals surface area contributed by atoms with Crippen molar-refractivity contribution in [1.29, 1.82) is 0 Å². The molecule has 0 bridgehead atoms. The molecular formula is C13H15NO. The van der Waals surface area contributed by atoms with Gasteiger partial charge in [0.1, 0.15) is 0 Å². The Kier molecular flexibility index (Phi) is 2.99. The van der Waals surface area contributed by atoms with E-state index in [1.54, 1.807) is 0 Å². The zero-order chi connectivity index (χ0) is 10.7. The van der Waals surface area contributed by atoms with Crippen molar-refractivity contribution in [2.45, 2.75) is 5.92 Å². The fraction of sp³-hybridized carbons (Fsp3) is 0.231. The highest BCUT2D eigenvalue weighted by molar-refractivity contribution is 5.86. The third kappa shape index (κ3) is 1.87. The fourth-order valence-corrected chi connectivity index (χ4v) is 1.91. The van der Waals surface area contributed by atoms with Gasteiger partial charge >= 0.3 is 0 Å². The van der Waals surface area contributed by atoms with E-state index in [-0.39, 0.29) is 12.5 Å². The lowest BCUT2D eigenvalue weighted by Crippen LogP contribution is -2.16. The minimum atomic E-state index is 0.0381. The lowest BCUT2D eigenvalue weighted by Gasteiger charge is -2.14. The maximum absolute atomic E-state index is 9.26. The van der Waals surface area contributed by atoms with E-state index in [2.05, 4.69) is 18.2 Å². The van der Waals surface area contributed by atoms with Gasteiger partial charge in [-0.2, -0.15) is 0 Å². The first-order valence-electron chi connectivity index (χ1n) is 5.15. The summed E-state index contributed by atoms with van der Waals surface area (Å²) in [4.78, 5) is 0. The van der Waals surface area contributed by atoms with E-state index in [0.717, 1.165) is 5.56 Å². The molecule has 0 amide bonds. The number of fused-ring (bicyclic) bond motifs is 1. The molecule has 0 radical (unpaired) electrons. The van der Waals surface area contributed by atoms with Gasteiger partial charge in [0.2, 0.25) is 0 Å². The van der Waals surface area contributed by atoms with Crippen LogP contribution in [0.1, 0.15) is 11.5 Å². The molecule has 2 heteroatoms. The Morgan fingerprint density at radius 1 is 1.07 bits per heavy atom. The zero-order valence-corrected chi connectivity index (χ0v) is 8.56. The molecule has 1 unspecified atom stereocenters. The molecule has 3 N–H and O–H groups in total. The Morgan fingerprint density at radius 3 is 2.53 bits per heavy atom. The van der Waals surface area contributed by atoms with Crippen LogP contribution in [0.25, 0.3) is 10.8 Å². The third-order valence-corrected chi connectivity index (χ3v) is 2.77. The van der Waals surface area contributed by atoms with Crippen molar-refractivity contribution in [1.82, 2.24) is 0 Å². The summed E-state index contributed by atoms with van der Waals surface area (Å²) in [6.07, 6.45) is 0. The molecule has 0 heterocycles. The second-order valence-electron chi connectivity index (χ2n) is 3.68. The predicted octanol–water partition coefficient (Wildman–Crippen LogP) is 1.87. The van der Waals surface area contributed by atoms with E-state index >= 15 is 0 Å². The van der Waals surface area contributed by atoms with Crippen LogP contribution in [0.15, 0.2) is 42.5 Å². The summed E-state index contributed by atoms with van der Waals surface area (Å²) in [7, 11) is 0. The molecule has 2 rings (SSSR count). The maximum atomic E-state index is 9.26. The molecular weight excluding hydrogens is 186 g/mol. The van der Waals surface area contributed by atoms with Crippen LogP contribution in [0.3, 0.4) is 0 Å². The van der Waals surface area contributed by atoms with Crippen molar-refractivity contribution >= 4 is 10.8 Å². The molecule has 0 saturated heterocycles. The van der Waals surface area contributed by atoms with Crippen LogP contribution in [0, 0.1) is 0 Å². The smallest absolute Gasteiger partial charge is 0.0512 e. The molecule has 2 aromatic rings. The average molecular weight is 201 g/mol. The number of hydrogen-bond donors (Lipinski definition) is 2. The molecule has 78 valence electrons. The van der Waals surface area contributed by atoms with Gasteiger partial charge in [0.05, 0.1) is 6.61 Å². The largest absolute Gasteiger partial charge is 0.396 e. The number of rotatable bonds is 3. The van der Waals surface area contributed by atoms with Crippen LogP contribution < -0.4 is 5.73 Å². The van der Waals surface area contributed by atoms with Crippen LogP contribution in [-0.4, -0.2) is 18.3 Å². The lowest BCUT2D eigenvalue weighted by molar-refractivity contribution is 0.268. The Balaban J connectivity index is 2.59. The SMILES string of the molecule is NCC(CO)c1cccc2ccccc12. The number of nitrogens with two attached hydrogens (primary N) is 1. The van der Waals surface area contributed by atoms with Gasteiger partial charge < -0.3 is 10.8 Å². The molecule has 0 aromatic heterocycles. The highest BCUT2D eigenvalue weighted by Gasteiger charge is 2.10. The van der Waals surface area contributed by atoms with Crippen LogP contribution in [0.4, 0.5) is 0 Å². The Labute approximate surface area is 89.3 Å². The normalized spacial score (nSPS) is 12.9. The second-order valence-corrected chi connectivity index (χ2v) is 3.68. The van der Waals surface area contributed by atoms with Gasteiger partial charge in [0.15, 0.2) is 0 Å². The summed E-state index contributed by atoms with van der Waals surface area (Å²) in [6.45, 7) is 0.578. The molecule has 0 aliphatic carbocycles. The van der Waals surface area contributed by atoms with Crippen LogP contribution >= 0.6 is 0 Å². The van der Waals surface area contributed by atoms with E-state index in [4.69, 9.17) is 5.73 Å². The van der Waals surface area contributed by atoms with Crippen molar-refractivity contribution in [3.63, 3.8) is 0 Å². The van der Waals surface area contributed by atoms with Crippen molar-refractivity contribution in [3.05, 3.63) is 48.0 Å². The molecule has 0 fully saturated rings. The molecule has 2 aromatic carbocycles. The van der Waals surface area contributed by atoms with Crippen molar-refractivity contribution in [3.8, 4) is 0 Å². The lowest BCUT2D eigenvalue weighted by atomic mass is 9.94. The standard InChI is InChI=1S/C13H15NO/c14-8-11(9-15)13-7-3-5-10-4-1-2-6-12(10)13/h1-7,11,15H,8-9,14H2. The molecule has 0 aliphatic rings. The minimum absolute atomic E-state index is 0.0381. The molecule has 15 heavy (non-hydrogen) atoms. The maximum Gasteiger partial charge on any atom is 0.0512 e. The zero-order valence-electron chi connectivity index (χ0n) is 8.56. The molecule has 1 atom stereocenters. The number of aliphatic hydroxyl groups excluding tert-OH is 1. The van der Waals surface area contributed by atoms with Gasteiger partial charge in [-0.05, 0) is 16.3 Å². The summed E-state index contributed by atoms with van der Waals surface area (Å²) in [5.41, 5.74) is 6.78. The van der Waals surface area contributed by atoms with E-state index in [0.29, 0.717) is 6.54 Å². The van der Waals surface area contributed by atoms with Crippen LogP contribution in [0.5, 0.6) is 0 Å².